The molecule has 0 saturated carbocycles. The summed E-state index contributed by atoms with van der Waals surface area (Å²) in [6.45, 7) is 9.90. The van der Waals surface area contributed by atoms with Crippen molar-refractivity contribution in [2.45, 2.75) is 52.6 Å². The molecule has 168 valence electrons. The van der Waals surface area contributed by atoms with Crippen molar-refractivity contribution in [2.24, 2.45) is 10.8 Å². The van der Waals surface area contributed by atoms with Crippen LogP contribution in [0.2, 0.25) is 0 Å². The number of piperidine rings is 1. The molecular weight excluding hydrogens is 397 g/mol. The first kappa shape index (κ1) is 21.7. The summed E-state index contributed by atoms with van der Waals surface area (Å²) in [4.78, 5) is 19.2. The van der Waals surface area contributed by atoms with E-state index in [0.29, 0.717) is 17.7 Å². The molecule has 1 amide bonds. The van der Waals surface area contributed by atoms with Crippen molar-refractivity contribution in [2.75, 3.05) is 26.2 Å². The van der Waals surface area contributed by atoms with Crippen LogP contribution in [0, 0.1) is 16.6 Å². The lowest BCUT2D eigenvalue weighted by Gasteiger charge is -2.39. The Bertz CT molecular complexity index is 889. The highest BCUT2D eigenvalue weighted by molar-refractivity contribution is 5.68. The number of pyridine rings is 1. The molecule has 1 N–H and O–H groups in total. The van der Waals surface area contributed by atoms with Gasteiger partial charge in [-0.2, -0.15) is 5.10 Å². The third-order valence-corrected chi connectivity index (χ3v) is 6.64. The molecular formula is C23H32FN5O2. The van der Waals surface area contributed by atoms with Crippen molar-refractivity contribution in [3.63, 3.8) is 0 Å². The van der Waals surface area contributed by atoms with Crippen molar-refractivity contribution in [1.29, 1.82) is 0 Å². The second-order valence-corrected chi connectivity index (χ2v) is 9.98. The predicted molar refractivity (Wildman–Crippen MR) is 115 cm³/mol. The maximum Gasteiger partial charge on any atom is 0.410 e. The van der Waals surface area contributed by atoms with Gasteiger partial charge in [-0.3, -0.25) is 0 Å². The monoisotopic (exact) mass is 429 g/mol. The molecule has 7 nitrogen and oxygen atoms in total. The van der Waals surface area contributed by atoms with Gasteiger partial charge >= 0.3 is 6.09 Å². The maximum atomic E-state index is 13.2. The summed E-state index contributed by atoms with van der Waals surface area (Å²) in [5, 5.41) is 7.39. The number of amides is 1. The first-order valence-corrected chi connectivity index (χ1v) is 11.1. The summed E-state index contributed by atoms with van der Waals surface area (Å²) in [7, 11) is 0. The summed E-state index contributed by atoms with van der Waals surface area (Å²) < 4.78 is 20.6. The third-order valence-electron chi connectivity index (χ3n) is 6.64. The highest BCUT2D eigenvalue weighted by Crippen LogP contribution is 2.37. The largest absolute Gasteiger partial charge is 0.445 e. The molecule has 2 saturated heterocycles. The van der Waals surface area contributed by atoms with Gasteiger partial charge in [0, 0.05) is 32.3 Å². The molecule has 0 aliphatic carbocycles. The molecule has 1 atom stereocenters. The fourth-order valence-electron chi connectivity index (χ4n) is 4.42. The Morgan fingerprint density at radius 1 is 1.26 bits per heavy atom. The normalized spacial score (nSPS) is 19.5. The van der Waals surface area contributed by atoms with E-state index in [-0.39, 0.29) is 17.6 Å². The number of nitrogens with one attached hydrogen (secondary N) is 1. The Morgan fingerprint density at radius 3 is 2.58 bits per heavy atom. The second-order valence-electron chi connectivity index (χ2n) is 9.98. The Balaban J connectivity index is 1.38. The number of aromatic nitrogens is 3. The Hall–Kier alpha value is -2.48. The van der Waals surface area contributed by atoms with Crippen LogP contribution < -0.4 is 5.32 Å². The van der Waals surface area contributed by atoms with Crippen LogP contribution in [0.5, 0.6) is 0 Å². The van der Waals surface area contributed by atoms with Gasteiger partial charge in [-0.25, -0.2) is 18.9 Å². The van der Waals surface area contributed by atoms with E-state index < -0.39 is 5.82 Å². The fourth-order valence-corrected chi connectivity index (χ4v) is 4.42. The lowest BCUT2D eigenvalue weighted by Crippen LogP contribution is -2.46. The quantitative estimate of drug-likeness (QED) is 0.804. The molecule has 2 fully saturated rings. The van der Waals surface area contributed by atoms with E-state index in [1.54, 1.807) is 12.3 Å². The molecule has 8 heteroatoms. The Morgan fingerprint density at radius 2 is 2.03 bits per heavy atom. The average molecular weight is 430 g/mol. The van der Waals surface area contributed by atoms with Gasteiger partial charge in [-0.1, -0.05) is 26.8 Å². The van der Waals surface area contributed by atoms with Crippen LogP contribution in [0.4, 0.5) is 9.18 Å². The van der Waals surface area contributed by atoms with Gasteiger partial charge in [0.1, 0.15) is 6.10 Å². The maximum absolute atomic E-state index is 13.2. The number of ether oxygens (including phenoxy) is 1. The van der Waals surface area contributed by atoms with Gasteiger partial charge in [-0.05, 0) is 48.3 Å². The van der Waals surface area contributed by atoms with E-state index in [1.165, 1.54) is 17.3 Å². The summed E-state index contributed by atoms with van der Waals surface area (Å²) in [5.74, 6) is 0.138. The number of carbonyl (C=O) groups excluding carboxylic acids is 1. The third kappa shape index (κ3) is 5.06. The molecule has 1 spiro atoms. The standard InChI is InChI=1S/C23H32FN5O2/c1-22(2,3)19(12-17-4-5-20(26-13-17)29-15-18(24)14-27-29)31-21(30)28-10-7-23(8-11-28)6-9-25-16-23/h4-5,13-15,19,25H,6-12,16H2,1-3H3/t19-/m0/s1. The van der Waals surface area contributed by atoms with E-state index >= 15 is 0 Å². The first-order chi connectivity index (χ1) is 14.7. The van der Waals surface area contributed by atoms with Crippen LogP contribution >= 0.6 is 0 Å². The second kappa shape index (κ2) is 8.57. The number of likely N-dealkylation sites (tertiary alicyclic amines) is 1. The number of hydrogen-bond donors (Lipinski definition) is 1. The molecule has 0 unspecified atom stereocenters. The van der Waals surface area contributed by atoms with Crippen molar-refractivity contribution in [3.8, 4) is 5.82 Å². The average Bonchev–Trinajstić information content (AvgIpc) is 3.37. The number of rotatable bonds is 4. The van der Waals surface area contributed by atoms with Crippen molar-refractivity contribution in [3.05, 3.63) is 42.1 Å². The van der Waals surface area contributed by atoms with E-state index in [1.807, 2.05) is 11.0 Å². The molecule has 4 heterocycles. The van der Waals surface area contributed by atoms with Crippen molar-refractivity contribution >= 4 is 6.09 Å². The van der Waals surface area contributed by atoms with Gasteiger partial charge in [-0.15, -0.1) is 0 Å². The summed E-state index contributed by atoms with van der Waals surface area (Å²) in [5.41, 5.74) is 1.11. The number of carbonyl (C=O) groups is 1. The number of nitrogens with zero attached hydrogens (tertiary/aromatic N) is 4. The Labute approximate surface area is 183 Å². The minimum Gasteiger partial charge on any atom is -0.445 e. The first-order valence-electron chi connectivity index (χ1n) is 11.1. The van der Waals surface area contributed by atoms with E-state index in [0.717, 1.165) is 50.8 Å². The van der Waals surface area contributed by atoms with Gasteiger partial charge in [0.15, 0.2) is 11.6 Å². The van der Waals surface area contributed by atoms with Crippen LogP contribution in [0.15, 0.2) is 30.7 Å². The zero-order chi connectivity index (χ0) is 22.1. The molecule has 2 aromatic rings. The lowest BCUT2D eigenvalue weighted by atomic mass is 9.78. The molecule has 4 rings (SSSR count). The summed E-state index contributed by atoms with van der Waals surface area (Å²) >= 11 is 0. The SMILES string of the molecule is CC(C)(C)[C@H](Cc1ccc(-n2cc(F)cn2)nc1)OC(=O)N1CCC2(CCNC2)CC1. The molecule has 0 bridgehead atoms. The molecule has 0 radical (unpaired) electrons. The van der Waals surface area contributed by atoms with E-state index in [4.69, 9.17) is 4.74 Å². The van der Waals surface area contributed by atoms with Crippen molar-refractivity contribution in [1.82, 2.24) is 25.0 Å². The van der Waals surface area contributed by atoms with Crippen LogP contribution in [-0.4, -0.2) is 58.0 Å². The molecule has 2 aliphatic rings. The summed E-state index contributed by atoms with van der Waals surface area (Å²) in [6.07, 6.45) is 7.51. The van der Waals surface area contributed by atoms with E-state index in [9.17, 15) is 9.18 Å². The number of hydrogen-bond acceptors (Lipinski definition) is 5. The number of halogens is 1. The van der Waals surface area contributed by atoms with Crippen LogP contribution in [0.1, 0.15) is 45.6 Å². The van der Waals surface area contributed by atoms with Gasteiger partial charge < -0.3 is 15.0 Å². The van der Waals surface area contributed by atoms with Gasteiger partial charge in [0.05, 0.1) is 12.4 Å². The van der Waals surface area contributed by atoms with Crippen LogP contribution in [0.3, 0.4) is 0 Å². The molecule has 2 aromatic heterocycles. The van der Waals surface area contributed by atoms with Crippen LogP contribution in [0.25, 0.3) is 5.82 Å². The molecule has 2 aliphatic heterocycles. The zero-order valence-electron chi connectivity index (χ0n) is 18.6. The lowest BCUT2D eigenvalue weighted by molar-refractivity contribution is 0.000367. The molecule has 0 aromatic carbocycles. The topological polar surface area (TPSA) is 72.3 Å². The predicted octanol–water partition coefficient (Wildman–Crippen LogP) is 3.58. The van der Waals surface area contributed by atoms with E-state index in [2.05, 4.69) is 36.2 Å². The van der Waals surface area contributed by atoms with Gasteiger partial charge in [0.25, 0.3) is 0 Å². The van der Waals surface area contributed by atoms with Crippen LogP contribution in [-0.2, 0) is 11.2 Å². The van der Waals surface area contributed by atoms with Gasteiger partial charge in [0.2, 0.25) is 0 Å². The molecule has 31 heavy (non-hydrogen) atoms. The smallest absolute Gasteiger partial charge is 0.410 e. The zero-order valence-corrected chi connectivity index (χ0v) is 18.6. The minimum absolute atomic E-state index is 0.216. The fraction of sp³-hybridized carbons (Fsp3) is 0.609. The highest BCUT2D eigenvalue weighted by atomic mass is 19.1. The minimum atomic E-state index is -0.404. The summed E-state index contributed by atoms with van der Waals surface area (Å²) in [6, 6.07) is 3.72. The highest BCUT2D eigenvalue weighted by Gasteiger charge is 2.39. The van der Waals surface area contributed by atoms with Crippen molar-refractivity contribution < 1.29 is 13.9 Å². The Kier molecular flexibility index (Phi) is 6.01.